The number of hydrogen-bond acceptors (Lipinski definition) is 4. The van der Waals surface area contributed by atoms with E-state index in [2.05, 4.69) is 14.9 Å². The van der Waals surface area contributed by atoms with Gasteiger partial charge in [0.15, 0.2) is 0 Å². The Hall–Kier alpha value is -2.01. The molecule has 0 radical (unpaired) electrons. The molecule has 5 heteroatoms. The number of ether oxygens (including phenoxy) is 2. The molecule has 1 aromatic carbocycles. The lowest BCUT2D eigenvalue weighted by Gasteiger charge is -2.10. The van der Waals surface area contributed by atoms with Gasteiger partial charge < -0.3 is 19.4 Å². The van der Waals surface area contributed by atoms with Crippen LogP contribution >= 0.6 is 0 Å². The molecule has 1 aromatic heterocycles. The van der Waals surface area contributed by atoms with Crippen LogP contribution < -0.4 is 10.1 Å². The molecule has 2 rings (SSSR count). The lowest BCUT2D eigenvalue weighted by atomic mass is 10.3. The van der Waals surface area contributed by atoms with Gasteiger partial charge in [0.1, 0.15) is 12.4 Å². The number of aromatic nitrogens is 2. The Kier molecular flexibility index (Phi) is 5.92. The molecule has 0 aliphatic rings. The number of anilines is 1. The summed E-state index contributed by atoms with van der Waals surface area (Å²) < 4.78 is 12.8. The van der Waals surface area contributed by atoms with Crippen LogP contribution in [-0.2, 0) is 11.3 Å². The van der Waals surface area contributed by atoms with E-state index in [1.165, 1.54) is 0 Å². The number of methoxy groups -OCH3 is 1. The van der Waals surface area contributed by atoms with E-state index >= 15 is 0 Å². The molecular weight excluding hydrogens is 254 g/mol. The standard InChI is InChI=1S/C15H21N3O2/c1-19-12-5-8-16-15-17-9-10-18(15)11-13-20-14-6-3-2-4-7-14/h2-4,6-7,9-10H,5,8,11-13H2,1H3,(H,16,17). The highest BCUT2D eigenvalue weighted by molar-refractivity contribution is 5.25. The van der Waals surface area contributed by atoms with Crippen LogP contribution in [0.1, 0.15) is 6.42 Å². The number of imidazole rings is 1. The third-order valence-corrected chi connectivity index (χ3v) is 2.87. The number of para-hydroxylation sites is 1. The molecule has 0 spiro atoms. The molecule has 2 aromatic rings. The summed E-state index contributed by atoms with van der Waals surface area (Å²) in [4.78, 5) is 4.29. The van der Waals surface area contributed by atoms with Gasteiger partial charge >= 0.3 is 0 Å². The van der Waals surface area contributed by atoms with Crippen molar-refractivity contribution in [3.63, 3.8) is 0 Å². The molecule has 0 unspecified atom stereocenters. The fraction of sp³-hybridized carbons (Fsp3) is 0.400. The van der Waals surface area contributed by atoms with Crippen LogP contribution in [0.4, 0.5) is 5.95 Å². The molecule has 0 saturated carbocycles. The predicted octanol–water partition coefficient (Wildman–Crippen LogP) is 2.41. The summed E-state index contributed by atoms with van der Waals surface area (Å²) in [7, 11) is 1.71. The average Bonchev–Trinajstić information content (AvgIpc) is 2.92. The lowest BCUT2D eigenvalue weighted by molar-refractivity contribution is 0.197. The van der Waals surface area contributed by atoms with Gasteiger partial charge in [0.05, 0.1) is 6.54 Å². The maximum atomic E-state index is 5.68. The van der Waals surface area contributed by atoms with Gasteiger partial charge in [-0.05, 0) is 18.6 Å². The molecule has 20 heavy (non-hydrogen) atoms. The Morgan fingerprint density at radius 3 is 2.85 bits per heavy atom. The molecule has 5 nitrogen and oxygen atoms in total. The van der Waals surface area contributed by atoms with Crippen LogP contribution in [0, 0.1) is 0 Å². The molecule has 0 aliphatic heterocycles. The smallest absolute Gasteiger partial charge is 0.202 e. The zero-order valence-corrected chi connectivity index (χ0v) is 11.8. The monoisotopic (exact) mass is 275 g/mol. The molecule has 0 atom stereocenters. The van der Waals surface area contributed by atoms with Crippen molar-refractivity contribution in [1.29, 1.82) is 0 Å². The molecule has 108 valence electrons. The van der Waals surface area contributed by atoms with Crippen LogP contribution in [0.5, 0.6) is 5.75 Å². The average molecular weight is 275 g/mol. The third-order valence-electron chi connectivity index (χ3n) is 2.87. The number of rotatable bonds is 9. The van der Waals surface area contributed by atoms with E-state index in [4.69, 9.17) is 9.47 Å². The Morgan fingerprint density at radius 1 is 1.20 bits per heavy atom. The molecule has 0 amide bonds. The minimum atomic E-state index is 0.618. The largest absolute Gasteiger partial charge is 0.492 e. The van der Waals surface area contributed by atoms with E-state index in [0.717, 1.165) is 37.8 Å². The van der Waals surface area contributed by atoms with E-state index in [9.17, 15) is 0 Å². The van der Waals surface area contributed by atoms with Crippen molar-refractivity contribution in [2.45, 2.75) is 13.0 Å². The van der Waals surface area contributed by atoms with Gasteiger partial charge in [-0.1, -0.05) is 18.2 Å². The second-order valence-corrected chi connectivity index (χ2v) is 4.38. The van der Waals surface area contributed by atoms with Gasteiger partial charge in [-0.15, -0.1) is 0 Å². The molecule has 1 N–H and O–H groups in total. The number of nitrogens with zero attached hydrogens (tertiary/aromatic N) is 2. The Bertz CT molecular complexity index is 485. The second-order valence-electron chi connectivity index (χ2n) is 4.38. The zero-order chi connectivity index (χ0) is 14.0. The van der Waals surface area contributed by atoms with Gasteiger partial charge in [0.25, 0.3) is 0 Å². The fourth-order valence-electron chi connectivity index (χ4n) is 1.85. The van der Waals surface area contributed by atoms with Crippen LogP contribution in [0.3, 0.4) is 0 Å². The van der Waals surface area contributed by atoms with Gasteiger partial charge in [-0.3, -0.25) is 0 Å². The highest BCUT2D eigenvalue weighted by Gasteiger charge is 2.02. The third kappa shape index (κ3) is 4.59. The van der Waals surface area contributed by atoms with Crippen molar-refractivity contribution in [3.05, 3.63) is 42.7 Å². The van der Waals surface area contributed by atoms with Crippen molar-refractivity contribution in [1.82, 2.24) is 9.55 Å². The molecule has 0 bridgehead atoms. The summed E-state index contributed by atoms with van der Waals surface area (Å²) in [6.45, 7) is 2.99. The van der Waals surface area contributed by atoms with Crippen molar-refractivity contribution < 1.29 is 9.47 Å². The SMILES string of the molecule is COCCCNc1nccn1CCOc1ccccc1. The second kappa shape index (κ2) is 8.22. The first-order chi connectivity index (χ1) is 9.90. The normalized spacial score (nSPS) is 10.4. The van der Waals surface area contributed by atoms with Crippen LogP contribution in [0.15, 0.2) is 42.7 Å². The number of benzene rings is 1. The van der Waals surface area contributed by atoms with E-state index in [0.29, 0.717) is 6.61 Å². The molecule has 0 fully saturated rings. The lowest BCUT2D eigenvalue weighted by Crippen LogP contribution is -2.13. The van der Waals surface area contributed by atoms with Gasteiger partial charge in [-0.2, -0.15) is 0 Å². The maximum absolute atomic E-state index is 5.68. The first-order valence-corrected chi connectivity index (χ1v) is 6.82. The first kappa shape index (κ1) is 14.4. The van der Waals surface area contributed by atoms with E-state index < -0.39 is 0 Å². The van der Waals surface area contributed by atoms with Crippen LogP contribution in [0.2, 0.25) is 0 Å². The quantitative estimate of drug-likeness (QED) is 0.714. The van der Waals surface area contributed by atoms with Crippen molar-refractivity contribution in [2.75, 3.05) is 32.2 Å². The zero-order valence-electron chi connectivity index (χ0n) is 11.8. The Morgan fingerprint density at radius 2 is 2.05 bits per heavy atom. The van der Waals surface area contributed by atoms with Gasteiger partial charge in [0.2, 0.25) is 5.95 Å². The first-order valence-electron chi connectivity index (χ1n) is 6.82. The molecule has 0 aliphatic carbocycles. The summed E-state index contributed by atoms with van der Waals surface area (Å²) in [5, 5.41) is 3.29. The summed E-state index contributed by atoms with van der Waals surface area (Å²) in [6, 6.07) is 9.82. The fourth-order valence-corrected chi connectivity index (χ4v) is 1.85. The maximum Gasteiger partial charge on any atom is 0.202 e. The topological polar surface area (TPSA) is 48.3 Å². The summed E-state index contributed by atoms with van der Waals surface area (Å²) in [6.07, 6.45) is 4.71. The predicted molar refractivity (Wildman–Crippen MR) is 79.1 cm³/mol. The Balaban J connectivity index is 1.74. The summed E-state index contributed by atoms with van der Waals surface area (Å²) >= 11 is 0. The Labute approximate surface area is 119 Å². The van der Waals surface area contributed by atoms with Crippen LogP contribution in [0.25, 0.3) is 0 Å². The highest BCUT2D eigenvalue weighted by Crippen LogP contribution is 2.09. The van der Waals surface area contributed by atoms with Crippen LogP contribution in [-0.4, -0.2) is 36.4 Å². The van der Waals surface area contributed by atoms with Crippen molar-refractivity contribution in [2.24, 2.45) is 0 Å². The summed E-state index contributed by atoms with van der Waals surface area (Å²) in [5.41, 5.74) is 0. The highest BCUT2D eigenvalue weighted by atomic mass is 16.5. The van der Waals surface area contributed by atoms with Crippen molar-refractivity contribution >= 4 is 5.95 Å². The number of hydrogen-bond donors (Lipinski definition) is 1. The van der Waals surface area contributed by atoms with E-state index in [1.54, 1.807) is 13.3 Å². The van der Waals surface area contributed by atoms with Crippen molar-refractivity contribution in [3.8, 4) is 5.75 Å². The van der Waals surface area contributed by atoms with E-state index in [-0.39, 0.29) is 0 Å². The number of nitrogens with one attached hydrogen (secondary N) is 1. The van der Waals surface area contributed by atoms with E-state index in [1.807, 2.05) is 36.5 Å². The van der Waals surface area contributed by atoms with Gasteiger partial charge in [0, 0.05) is 32.7 Å². The molecule has 0 saturated heterocycles. The molecule has 1 heterocycles. The minimum absolute atomic E-state index is 0.618. The van der Waals surface area contributed by atoms with Gasteiger partial charge in [-0.25, -0.2) is 4.98 Å². The summed E-state index contributed by atoms with van der Waals surface area (Å²) in [5.74, 6) is 1.76. The molecular formula is C15H21N3O2. The minimum Gasteiger partial charge on any atom is -0.492 e.